The van der Waals surface area contributed by atoms with Crippen LogP contribution in [0.4, 0.5) is 5.69 Å². The van der Waals surface area contributed by atoms with Gasteiger partial charge in [0, 0.05) is 18.3 Å². The predicted octanol–water partition coefficient (Wildman–Crippen LogP) is 2.84. The van der Waals surface area contributed by atoms with Gasteiger partial charge in [-0.15, -0.1) is 0 Å². The number of hydrogen-bond donors (Lipinski definition) is 2. The molecule has 3 N–H and O–H groups in total. The summed E-state index contributed by atoms with van der Waals surface area (Å²) in [5.74, 6) is 0.00842. The molecule has 0 spiro atoms. The minimum atomic E-state index is -0.187. The van der Waals surface area contributed by atoms with Crippen molar-refractivity contribution >= 4 is 11.6 Å². The molecule has 21 heavy (non-hydrogen) atoms. The van der Waals surface area contributed by atoms with Gasteiger partial charge >= 0.3 is 0 Å². The number of rotatable bonds is 5. The van der Waals surface area contributed by atoms with Crippen LogP contribution in [0.5, 0.6) is 0 Å². The molecule has 1 aromatic rings. The van der Waals surface area contributed by atoms with Gasteiger partial charge in [0.15, 0.2) is 0 Å². The Morgan fingerprint density at radius 3 is 2.19 bits per heavy atom. The molecule has 1 amide bonds. The Kier molecular flexibility index (Phi) is 5.93. The second-order valence-electron chi connectivity index (χ2n) is 6.77. The van der Waals surface area contributed by atoms with Crippen molar-refractivity contribution in [3.05, 3.63) is 29.8 Å². The molecule has 118 valence electrons. The van der Waals surface area contributed by atoms with Gasteiger partial charge in [-0.1, -0.05) is 32.9 Å². The monoisotopic (exact) mass is 291 g/mol. The van der Waals surface area contributed by atoms with E-state index in [0.29, 0.717) is 12.6 Å². The highest BCUT2D eigenvalue weighted by Crippen LogP contribution is 2.24. The lowest BCUT2D eigenvalue weighted by Crippen LogP contribution is -2.48. The minimum absolute atomic E-state index is 0.00842. The molecule has 0 fully saturated rings. The van der Waals surface area contributed by atoms with E-state index in [2.05, 4.69) is 37.9 Å². The van der Waals surface area contributed by atoms with Crippen molar-refractivity contribution in [3.8, 4) is 0 Å². The normalized spacial score (nSPS) is 14.9. The van der Waals surface area contributed by atoms with Crippen molar-refractivity contribution in [1.29, 1.82) is 0 Å². The van der Waals surface area contributed by atoms with Crippen LogP contribution < -0.4 is 11.1 Å². The fraction of sp³-hybridized carbons (Fsp3) is 0.588. The standard InChI is InChI=1S/C17H29N3O/c1-12(20(6)13(2)17(3,4)5)16(21)19-15-9-7-14(11-18)8-10-15/h7-10,12-13H,11,18H2,1-6H3,(H,19,21). The highest BCUT2D eigenvalue weighted by molar-refractivity contribution is 5.94. The van der Waals surface area contributed by atoms with Crippen LogP contribution in [0.25, 0.3) is 0 Å². The van der Waals surface area contributed by atoms with Crippen molar-refractivity contribution in [2.45, 2.75) is 53.2 Å². The Bertz CT molecular complexity index is 462. The Labute approximate surface area is 128 Å². The number of anilines is 1. The summed E-state index contributed by atoms with van der Waals surface area (Å²) in [6, 6.07) is 7.76. The highest BCUT2D eigenvalue weighted by atomic mass is 16.2. The van der Waals surface area contributed by atoms with Gasteiger partial charge in [-0.3, -0.25) is 9.69 Å². The number of likely N-dealkylation sites (N-methyl/N-ethyl adjacent to an activating group) is 1. The molecule has 0 heterocycles. The fourth-order valence-electron chi connectivity index (χ4n) is 2.10. The summed E-state index contributed by atoms with van der Waals surface area (Å²) in [6.07, 6.45) is 0. The number of nitrogens with one attached hydrogen (secondary N) is 1. The average molecular weight is 291 g/mol. The SMILES string of the molecule is CC(C(=O)Nc1ccc(CN)cc1)N(C)C(C)C(C)(C)C. The quantitative estimate of drug-likeness (QED) is 0.877. The number of amides is 1. The van der Waals surface area contributed by atoms with Gasteiger partial charge in [0.25, 0.3) is 0 Å². The van der Waals surface area contributed by atoms with E-state index < -0.39 is 0 Å². The third-order valence-corrected chi connectivity index (χ3v) is 4.31. The molecule has 0 aliphatic carbocycles. The molecule has 2 unspecified atom stereocenters. The number of carbonyl (C=O) groups excluding carboxylic acids is 1. The Morgan fingerprint density at radius 2 is 1.76 bits per heavy atom. The number of carbonyl (C=O) groups is 1. The first-order valence-electron chi connectivity index (χ1n) is 7.48. The Morgan fingerprint density at radius 1 is 1.24 bits per heavy atom. The van der Waals surface area contributed by atoms with Crippen LogP contribution >= 0.6 is 0 Å². The topological polar surface area (TPSA) is 58.4 Å². The molecule has 0 aliphatic rings. The Hall–Kier alpha value is -1.39. The van der Waals surface area contributed by atoms with Crippen LogP contribution in [-0.2, 0) is 11.3 Å². The van der Waals surface area contributed by atoms with Crippen LogP contribution in [0, 0.1) is 5.41 Å². The maximum absolute atomic E-state index is 12.4. The third kappa shape index (κ3) is 4.83. The van der Waals surface area contributed by atoms with Crippen LogP contribution in [-0.4, -0.2) is 29.9 Å². The number of hydrogen-bond acceptors (Lipinski definition) is 3. The molecule has 1 rings (SSSR count). The molecule has 0 aliphatic heterocycles. The maximum atomic E-state index is 12.4. The van der Waals surface area contributed by atoms with E-state index >= 15 is 0 Å². The lowest BCUT2D eigenvalue weighted by molar-refractivity contribution is -0.121. The van der Waals surface area contributed by atoms with Gasteiger partial charge in [-0.05, 0) is 44.0 Å². The van der Waals surface area contributed by atoms with Gasteiger partial charge in [-0.2, -0.15) is 0 Å². The summed E-state index contributed by atoms with van der Waals surface area (Å²) < 4.78 is 0. The molecule has 0 aromatic heterocycles. The molecule has 1 aromatic carbocycles. The molecule has 0 bridgehead atoms. The van der Waals surface area contributed by atoms with E-state index in [4.69, 9.17) is 5.73 Å². The molecule has 0 saturated carbocycles. The number of nitrogens with two attached hydrogens (primary N) is 1. The molecule has 4 heteroatoms. The lowest BCUT2D eigenvalue weighted by Gasteiger charge is -2.38. The molecular formula is C17H29N3O. The highest BCUT2D eigenvalue weighted by Gasteiger charge is 2.29. The second-order valence-corrected chi connectivity index (χ2v) is 6.77. The average Bonchev–Trinajstić information content (AvgIpc) is 2.44. The van der Waals surface area contributed by atoms with Gasteiger partial charge < -0.3 is 11.1 Å². The maximum Gasteiger partial charge on any atom is 0.241 e. The van der Waals surface area contributed by atoms with Gasteiger partial charge in [-0.25, -0.2) is 0 Å². The van der Waals surface area contributed by atoms with Crippen LogP contribution in [0.15, 0.2) is 24.3 Å². The van der Waals surface area contributed by atoms with Crippen LogP contribution in [0.2, 0.25) is 0 Å². The third-order valence-electron chi connectivity index (χ3n) is 4.31. The van der Waals surface area contributed by atoms with Crippen molar-refractivity contribution < 1.29 is 4.79 Å². The van der Waals surface area contributed by atoms with Gasteiger partial charge in [0.2, 0.25) is 5.91 Å². The molecule has 0 saturated heterocycles. The van der Waals surface area contributed by atoms with Gasteiger partial charge in [0.05, 0.1) is 6.04 Å². The van der Waals surface area contributed by atoms with E-state index in [-0.39, 0.29) is 17.4 Å². The number of nitrogens with zero attached hydrogens (tertiary/aromatic N) is 1. The van der Waals surface area contributed by atoms with Crippen molar-refractivity contribution in [2.24, 2.45) is 11.1 Å². The van der Waals surface area contributed by atoms with Crippen molar-refractivity contribution in [3.63, 3.8) is 0 Å². The minimum Gasteiger partial charge on any atom is -0.326 e. The fourth-order valence-corrected chi connectivity index (χ4v) is 2.10. The summed E-state index contributed by atoms with van der Waals surface area (Å²) in [4.78, 5) is 14.5. The van der Waals surface area contributed by atoms with E-state index in [0.717, 1.165) is 11.3 Å². The van der Waals surface area contributed by atoms with Crippen molar-refractivity contribution in [1.82, 2.24) is 4.90 Å². The molecular weight excluding hydrogens is 262 g/mol. The first-order chi connectivity index (χ1) is 9.66. The lowest BCUT2D eigenvalue weighted by atomic mass is 9.86. The van der Waals surface area contributed by atoms with Crippen LogP contribution in [0.1, 0.15) is 40.2 Å². The molecule has 4 nitrogen and oxygen atoms in total. The molecule has 0 radical (unpaired) electrons. The zero-order valence-corrected chi connectivity index (χ0v) is 14.1. The van der Waals surface area contributed by atoms with Crippen LogP contribution in [0.3, 0.4) is 0 Å². The smallest absolute Gasteiger partial charge is 0.241 e. The zero-order valence-electron chi connectivity index (χ0n) is 14.1. The summed E-state index contributed by atoms with van der Waals surface area (Å²) in [5, 5.41) is 2.96. The second kappa shape index (κ2) is 7.05. The van der Waals surface area contributed by atoms with E-state index in [1.165, 1.54) is 0 Å². The predicted molar refractivity (Wildman–Crippen MR) is 89.1 cm³/mol. The zero-order chi connectivity index (χ0) is 16.2. The summed E-state index contributed by atoms with van der Waals surface area (Å²) >= 11 is 0. The van der Waals surface area contributed by atoms with E-state index in [9.17, 15) is 4.79 Å². The first kappa shape index (κ1) is 17.7. The van der Waals surface area contributed by atoms with Gasteiger partial charge in [0.1, 0.15) is 0 Å². The summed E-state index contributed by atoms with van der Waals surface area (Å²) in [7, 11) is 2.00. The summed E-state index contributed by atoms with van der Waals surface area (Å²) in [5.41, 5.74) is 7.56. The largest absolute Gasteiger partial charge is 0.326 e. The number of benzene rings is 1. The first-order valence-corrected chi connectivity index (χ1v) is 7.48. The van der Waals surface area contributed by atoms with E-state index in [1.54, 1.807) is 0 Å². The van der Waals surface area contributed by atoms with E-state index in [1.807, 2.05) is 38.2 Å². The van der Waals surface area contributed by atoms with Crippen molar-refractivity contribution in [2.75, 3.05) is 12.4 Å². The summed E-state index contributed by atoms with van der Waals surface area (Å²) in [6.45, 7) is 11.2. The Balaban J connectivity index is 2.69. The molecule has 2 atom stereocenters.